The van der Waals surface area contributed by atoms with Gasteiger partial charge in [-0.3, -0.25) is 14.5 Å². The summed E-state index contributed by atoms with van der Waals surface area (Å²) in [6.45, 7) is 11.0. The molecule has 0 spiro atoms. The zero-order chi connectivity index (χ0) is 22.1. The van der Waals surface area contributed by atoms with Crippen LogP contribution in [0.2, 0.25) is 0 Å². The molecule has 2 saturated heterocycles. The Morgan fingerprint density at radius 2 is 1.77 bits per heavy atom. The fourth-order valence-electron chi connectivity index (χ4n) is 4.18. The number of alkyl carbamates (subject to hydrolysis) is 1. The maximum atomic E-state index is 12.5. The summed E-state index contributed by atoms with van der Waals surface area (Å²) < 4.78 is 5.16. The van der Waals surface area contributed by atoms with Crippen molar-refractivity contribution in [2.24, 2.45) is 0 Å². The molecule has 2 N–H and O–H groups in total. The summed E-state index contributed by atoms with van der Waals surface area (Å²) in [5, 5.41) is 5.59. The van der Waals surface area contributed by atoms with E-state index in [1.54, 1.807) is 20.8 Å². The highest BCUT2D eigenvalue weighted by Gasteiger charge is 2.27. The van der Waals surface area contributed by atoms with Gasteiger partial charge in [-0.05, 0) is 59.9 Å². The zero-order valence-electron chi connectivity index (χ0n) is 19.2. The van der Waals surface area contributed by atoms with Crippen molar-refractivity contribution in [2.45, 2.75) is 90.3 Å². The van der Waals surface area contributed by atoms with E-state index >= 15 is 0 Å². The molecule has 2 aliphatic heterocycles. The van der Waals surface area contributed by atoms with Crippen LogP contribution in [0, 0.1) is 0 Å². The molecule has 3 amide bonds. The highest BCUT2D eigenvalue weighted by Crippen LogP contribution is 2.20. The Morgan fingerprint density at radius 3 is 2.43 bits per heavy atom. The Morgan fingerprint density at radius 1 is 1.00 bits per heavy atom. The minimum atomic E-state index is -0.551. The Bertz CT molecular complexity index is 590. The summed E-state index contributed by atoms with van der Waals surface area (Å²) in [6, 6.07) is 0.633. The molecule has 0 aromatic rings. The molecule has 30 heavy (non-hydrogen) atoms. The first-order valence-electron chi connectivity index (χ1n) is 11.4. The van der Waals surface area contributed by atoms with Crippen molar-refractivity contribution in [2.75, 3.05) is 32.7 Å². The van der Waals surface area contributed by atoms with Crippen molar-refractivity contribution in [3.05, 3.63) is 0 Å². The topological polar surface area (TPSA) is 91.0 Å². The van der Waals surface area contributed by atoms with Gasteiger partial charge < -0.3 is 20.3 Å². The van der Waals surface area contributed by atoms with Crippen molar-refractivity contribution in [3.8, 4) is 0 Å². The predicted molar refractivity (Wildman–Crippen MR) is 116 cm³/mol. The van der Waals surface area contributed by atoms with Crippen LogP contribution >= 0.6 is 0 Å². The van der Waals surface area contributed by atoms with Crippen LogP contribution in [0.15, 0.2) is 0 Å². The largest absolute Gasteiger partial charge is 0.444 e. The SMILES string of the molecule is C[C@H]1CCCN1C(=O)CCN1CCCC[C@H]1CNC(=O)CCNC(=O)OC(C)(C)C. The maximum absolute atomic E-state index is 12.5. The van der Waals surface area contributed by atoms with Crippen LogP contribution in [0.5, 0.6) is 0 Å². The van der Waals surface area contributed by atoms with Crippen LogP contribution in [0.1, 0.15) is 72.6 Å². The molecule has 2 rings (SSSR count). The van der Waals surface area contributed by atoms with E-state index in [2.05, 4.69) is 22.5 Å². The highest BCUT2D eigenvalue weighted by molar-refractivity contribution is 5.77. The van der Waals surface area contributed by atoms with Gasteiger partial charge in [-0.25, -0.2) is 4.79 Å². The molecule has 0 aromatic carbocycles. The number of rotatable bonds is 8. The second kappa shape index (κ2) is 11.5. The fourth-order valence-corrected chi connectivity index (χ4v) is 4.18. The van der Waals surface area contributed by atoms with E-state index < -0.39 is 11.7 Å². The average molecular weight is 425 g/mol. The molecule has 2 heterocycles. The molecule has 2 aliphatic rings. The van der Waals surface area contributed by atoms with E-state index in [0.29, 0.717) is 19.0 Å². The first-order chi connectivity index (χ1) is 14.2. The standard InChI is InChI=1S/C22H40N4O4/c1-17-8-7-14-26(17)20(28)11-15-25-13-6-5-9-18(25)16-24-19(27)10-12-23-21(29)30-22(2,3)4/h17-18H,5-16H2,1-4H3,(H,23,29)(H,24,27)/t17-,18-/m0/s1. The molecule has 2 fully saturated rings. The van der Waals surface area contributed by atoms with Gasteiger partial charge in [-0.15, -0.1) is 0 Å². The van der Waals surface area contributed by atoms with Crippen LogP contribution < -0.4 is 10.6 Å². The van der Waals surface area contributed by atoms with Gasteiger partial charge in [-0.2, -0.15) is 0 Å². The number of carbonyl (C=O) groups is 3. The van der Waals surface area contributed by atoms with Gasteiger partial charge in [0, 0.05) is 51.1 Å². The quantitative estimate of drug-likeness (QED) is 0.624. The molecule has 172 valence electrons. The number of nitrogens with zero attached hydrogens (tertiary/aromatic N) is 2. The van der Waals surface area contributed by atoms with Crippen LogP contribution in [0.25, 0.3) is 0 Å². The number of carbonyl (C=O) groups excluding carboxylic acids is 3. The number of nitrogens with one attached hydrogen (secondary N) is 2. The van der Waals surface area contributed by atoms with Gasteiger partial charge >= 0.3 is 6.09 Å². The number of hydrogen-bond acceptors (Lipinski definition) is 5. The molecule has 8 nitrogen and oxygen atoms in total. The lowest BCUT2D eigenvalue weighted by atomic mass is 10.0. The second-order valence-electron chi connectivity index (χ2n) is 9.50. The summed E-state index contributed by atoms with van der Waals surface area (Å²) in [5.41, 5.74) is -0.551. The monoisotopic (exact) mass is 424 g/mol. The van der Waals surface area contributed by atoms with E-state index in [-0.39, 0.29) is 30.8 Å². The van der Waals surface area contributed by atoms with Crippen LogP contribution in [0.4, 0.5) is 4.79 Å². The van der Waals surface area contributed by atoms with E-state index in [1.807, 2.05) is 4.90 Å². The third-order valence-corrected chi connectivity index (χ3v) is 5.79. The first-order valence-corrected chi connectivity index (χ1v) is 11.4. The van der Waals surface area contributed by atoms with Crippen LogP contribution in [-0.2, 0) is 14.3 Å². The Kier molecular flexibility index (Phi) is 9.39. The van der Waals surface area contributed by atoms with Crippen molar-refractivity contribution >= 4 is 17.9 Å². The van der Waals surface area contributed by atoms with Gasteiger partial charge in [-0.1, -0.05) is 6.42 Å². The molecule has 2 atom stereocenters. The molecule has 0 bridgehead atoms. The average Bonchev–Trinajstić information content (AvgIpc) is 3.09. The molecule has 0 aromatic heterocycles. The van der Waals surface area contributed by atoms with Gasteiger partial charge in [0.15, 0.2) is 0 Å². The molecule has 0 aliphatic carbocycles. The molecule has 0 radical (unpaired) electrons. The molecular formula is C22H40N4O4. The fraction of sp³-hybridized carbons (Fsp3) is 0.864. The molecule has 0 unspecified atom stereocenters. The zero-order valence-corrected chi connectivity index (χ0v) is 19.2. The Hall–Kier alpha value is -1.83. The lowest BCUT2D eigenvalue weighted by Gasteiger charge is -2.36. The summed E-state index contributed by atoms with van der Waals surface area (Å²) in [6.07, 6.45) is 5.79. The molecule has 0 saturated carbocycles. The molecule has 8 heteroatoms. The van der Waals surface area contributed by atoms with Crippen molar-refractivity contribution in [3.63, 3.8) is 0 Å². The van der Waals surface area contributed by atoms with Crippen molar-refractivity contribution in [1.82, 2.24) is 20.4 Å². The third kappa shape index (κ3) is 8.50. The van der Waals surface area contributed by atoms with Gasteiger partial charge in [0.1, 0.15) is 5.60 Å². The minimum absolute atomic E-state index is 0.0847. The lowest BCUT2D eigenvalue weighted by Crippen LogP contribution is -2.48. The molecular weight excluding hydrogens is 384 g/mol. The normalized spacial score (nSPS) is 22.6. The summed E-state index contributed by atoms with van der Waals surface area (Å²) in [7, 11) is 0. The summed E-state index contributed by atoms with van der Waals surface area (Å²) in [5.74, 6) is 0.167. The maximum Gasteiger partial charge on any atom is 0.407 e. The summed E-state index contributed by atoms with van der Waals surface area (Å²) in [4.78, 5) is 40.7. The summed E-state index contributed by atoms with van der Waals surface area (Å²) >= 11 is 0. The van der Waals surface area contributed by atoms with E-state index in [4.69, 9.17) is 4.74 Å². The van der Waals surface area contributed by atoms with Gasteiger partial charge in [0.05, 0.1) is 0 Å². The van der Waals surface area contributed by atoms with Crippen LogP contribution in [-0.4, -0.2) is 78.1 Å². The second-order valence-corrected chi connectivity index (χ2v) is 9.50. The number of piperidine rings is 1. The van der Waals surface area contributed by atoms with Gasteiger partial charge in [0.25, 0.3) is 0 Å². The number of amides is 3. The minimum Gasteiger partial charge on any atom is -0.444 e. The van der Waals surface area contributed by atoms with E-state index in [9.17, 15) is 14.4 Å². The smallest absolute Gasteiger partial charge is 0.407 e. The van der Waals surface area contributed by atoms with Crippen LogP contribution in [0.3, 0.4) is 0 Å². The Labute approximate surface area is 181 Å². The van der Waals surface area contributed by atoms with Gasteiger partial charge in [0.2, 0.25) is 11.8 Å². The highest BCUT2D eigenvalue weighted by atomic mass is 16.6. The third-order valence-electron chi connectivity index (χ3n) is 5.79. The van der Waals surface area contributed by atoms with Crippen molar-refractivity contribution < 1.29 is 19.1 Å². The van der Waals surface area contributed by atoms with E-state index in [1.165, 1.54) is 0 Å². The number of hydrogen-bond donors (Lipinski definition) is 2. The Balaban J connectivity index is 1.67. The predicted octanol–water partition coefficient (Wildman–Crippen LogP) is 2.27. The number of ether oxygens (including phenoxy) is 1. The number of likely N-dealkylation sites (tertiary alicyclic amines) is 2. The van der Waals surface area contributed by atoms with Crippen molar-refractivity contribution in [1.29, 1.82) is 0 Å². The lowest BCUT2D eigenvalue weighted by molar-refractivity contribution is -0.132. The first kappa shape index (κ1) is 24.4. The van der Waals surface area contributed by atoms with E-state index in [0.717, 1.165) is 51.7 Å².